The Balaban J connectivity index is 2.20. The molecule has 0 aliphatic carbocycles. The molecule has 0 saturated carbocycles. The minimum absolute atomic E-state index is 0.114. The highest BCUT2D eigenvalue weighted by Crippen LogP contribution is 2.24. The van der Waals surface area contributed by atoms with Gasteiger partial charge in [0.1, 0.15) is 17.3 Å². The van der Waals surface area contributed by atoms with E-state index in [9.17, 15) is 0 Å². The lowest BCUT2D eigenvalue weighted by molar-refractivity contribution is 0.241. The average molecular weight is 260 g/mol. The van der Waals surface area contributed by atoms with Gasteiger partial charge in [-0.1, -0.05) is 6.92 Å². The first-order valence-corrected chi connectivity index (χ1v) is 6.56. The lowest BCUT2D eigenvalue weighted by Crippen LogP contribution is -2.12. The van der Waals surface area contributed by atoms with E-state index in [1.165, 1.54) is 0 Å². The van der Waals surface area contributed by atoms with Gasteiger partial charge in [0.2, 0.25) is 0 Å². The van der Waals surface area contributed by atoms with Gasteiger partial charge in [0, 0.05) is 12.6 Å². The molecular weight excluding hydrogens is 240 g/mol. The van der Waals surface area contributed by atoms with Gasteiger partial charge in [-0.15, -0.1) is 0 Å². The molecule has 1 atom stereocenters. The fourth-order valence-corrected chi connectivity index (χ4v) is 1.86. The van der Waals surface area contributed by atoms with Crippen molar-refractivity contribution >= 4 is 0 Å². The average Bonchev–Trinajstić information content (AvgIpc) is 2.86. The Morgan fingerprint density at radius 1 is 1.32 bits per heavy atom. The van der Waals surface area contributed by atoms with Gasteiger partial charge in [0.25, 0.3) is 0 Å². The Bertz CT molecular complexity index is 534. The first kappa shape index (κ1) is 13.6. The van der Waals surface area contributed by atoms with E-state index in [4.69, 9.17) is 14.9 Å². The highest BCUT2D eigenvalue weighted by Gasteiger charge is 2.14. The van der Waals surface area contributed by atoms with E-state index in [1.54, 1.807) is 12.4 Å². The number of ether oxygens (including phenoxy) is 1. The molecule has 0 aliphatic rings. The van der Waals surface area contributed by atoms with Gasteiger partial charge in [-0.25, -0.2) is 0 Å². The molecule has 2 aromatic rings. The van der Waals surface area contributed by atoms with Crippen LogP contribution in [0.15, 0.2) is 35.0 Å². The van der Waals surface area contributed by atoms with Crippen molar-refractivity contribution in [2.45, 2.75) is 39.3 Å². The molecule has 2 N–H and O–H groups in total. The quantitative estimate of drug-likeness (QED) is 0.897. The summed E-state index contributed by atoms with van der Waals surface area (Å²) in [6.07, 6.45) is 4.41. The van der Waals surface area contributed by atoms with Crippen LogP contribution >= 0.6 is 0 Å². The van der Waals surface area contributed by atoms with Gasteiger partial charge in [-0.2, -0.15) is 0 Å². The van der Waals surface area contributed by atoms with Crippen LogP contribution in [0, 0.1) is 0 Å². The zero-order valence-electron chi connectivity index (χ0n) is 11.6. The molecular formula is C15H20N2O2. The molecule has 0 bridgehead atoms. The third-order valence-electron chi connectivity index (χ3n) is 2.80. The number of pyridine rings is 1. The lowest BCUT2D eigenvalue weighted by Gasteiger charge is -2.13. The van der Waals surface area contributed by atoms with Gasteiger partial charge < -0.3 is 14.9 Å². The SMILES string of the molecule is CCc1ccc(C(N)c2cncc(OC(C)C)c2)o1. The molecule has 0 aliphatic heterocycles. The van der Waals surface area contributed by atoms with Crippen LogP contribution in [-0.2, 0) is 6.42 Å². The molecule has 0 amide bonds. The Labute approximate surface area is 113 Å². The third-order valence-corrected chi connectivity index (χ3v) is 2.80. The predicted octanol–water partition coefficient (Wildman–Crippen LogP) is 3.07. The van der Waals surface area contributed by atoms with Gasteiger partial charge in [-0.3, -0.25) is 4.98 Å². The Morgan fingerprint density at radius 3 is 2.74 bits per heavy atom. The largest absolute Gasteiger partial charge is 0.489 e. The number of aryl methyl sites for hydroxylation is 1. The van der Waals surface area contributed by atoms with Crippen LogP contribution in [0.3, 0.4) is 0 Å². The summed E-state index contributed by atoms with van der Waals surface area (Å²) in [6, 6.07) is 5.46. The molecule has 2 heterocycles. The van der Waals surface area contributed by atoms with E-state index in [0.29, 0.717) is 0 Å². The zero-order valence-corrected chi connectivity index (χ0v) is 11.6. The van der Waals surface area contributed by atoms with Crippen LogP contribution < -0.4 is 10.5 Å². The van der Waals surface area contributed by atoms with Crippen molar-refractivity contribution in [3.05, 3.63) is 47.7 Å². The smallest absolute Gasteiger partial charge is 0.138 e. The molecule has 2 aromatic heterocycles. The summed E-state index contributed by atoms with van der Waals surface area (Å²) in [7, 11) is 0. The maximum absolute atomic E-state index is 6.19. The Morgan fingerprint density at radius 2 is 2.11 bits per heavy atom. The number of nitrogens with zero attached hydrogens (tertiary/aromatic N) is 1. The number of hydrogen-bond donors (Lipinski definition) is 1. The maximum atomic E-state index is 6.19. The summed E-state index contributed by atoms with van der Waals surface area (Å²) in [4.78, 5) is 4.16. The molecule has 0 spiro atoms. The number of rotatable bonds is 5. The second-order valence-corrected chi connectivity index (χ2v) is 4.76. The fraction of sp³-hybridized carbons (Fsp3) is 0.400. The second-order valence-electron chi connectivity index (χ2n) is 4.76. The minimum Gasteiger partial charge on any atom is -0.489 e. The molecule has 0 fully saturated rings. The van der Waals surface area contributed by atoms with Crippen molar-refractivity contribution in [3.8, 4) is 5.75 Å². The van der Waals surface area contributed by atoms with Gasteiger partial charge >= 0.3 is 0 Å². The standard InChI is InChI=1S/C15H20N2O2/c1-4-12-5-6-14(19-12)15(16)11-7-13(9-17-8-11)18-10(2)3/h5-10,15H,4,16H2,1-3H3. The third kappa shape index (κ3) is 3.35. The van der Waals surface area contributed by atoms with Crippen LogP contribution in [0.4, 0.5) is 0 Å². The lowest BCUT2D eigenvalue weighted by atomic mass is 10.1. The first-order valence-electron chi connectivity index (χ1n) is 6.56. The van der Waals surface area contributed by atoms with E-state index in [2.05, 4.69) is 4.98 Å². The molecule has 19 heavy (non-hydrogen) atoms. The zero-order chi connectivity index (χ0) is 13.8. The topological polar surface area (TPSA) is 61.3 Å². The van der Waals surface area contributed by atoms with Crippen LogP contribution in [-0.4, -0.2) is 11.1 Å². The Kier molecular flexibility index (Phi) is 4.22. The van der Waals surface area contributed by atoms with Crippen LogP contribution in [0.1, 0.15) is 43.9 Å². The van der Waals surface area contributed by atoms with Crippen molar-refractivity contribution < 1.29 is 9.15 Å². The van der Waals surface area contributed by atoms with Crippen molar-refractivity contribution in [3.63, 3.8) is 0 Å². The molecule has 0 saturated heterocycles. The monoisotopic (exact) mass is 260 g/mol. The highest BCUT2D eigenvalue weighted by molar-refractivity contribution is 5.30. The summed E-state index contributed by atoms with van der Waals surface area (Å²) in [5.41, 5.74) is 7.08. The summed E-state index contributed by atoms with van der Waals surface area (Å²) in [5, 5.41) is 0. The minimum atomic E-state index is -0.316. The van der Waals surface area contributed by atoms with Gasteiger partial charge in [-0.05, 0) is 37.6 Å². The van der Waals surface area contributed by atoms with E-state index in [1.807, 2.05) is 39.0 Å². The first-order chi connectivity index (χ1) is 9.10. The van der Waals surface area contributed by atoms with E-state index in [0.717, 1.165) is 29.3 Å². The normalized spacial score (nSPS) is 12.7. The fourth-order valence-electron chi connectivity index (χ4n) is 1.86. The number of nitrogens with two attached hydrogens (primary N) is 1. The van der Waals surface area contributed by atoms with E-state index < -0.39 is 0 Å². The highest BCUT2D eigenvalue weighted by atomic mass is 16.5. The van der Waals surface area contributed by atoms with Crippen molar-refractivity contribution in [2.75, 3.05) is 0 Å². The van der Waals surface area contributed by atoms with Gasteiger partial charge in [0.05, 0.1) is 18.3 Å². The van der Waals surface area contributed by atoms with Crippen molar-refractivity contribution in [1.82, 2.24) is 4.98 Å². The Hall–Kier alpha value is -1.81. The van der Waals surface area contributed by atoms with E-state index >= 15 is 0 Å². The molecule has 4 heteroatoms. The van der Waals surface area contributed by atoms with Crippen LogP contribution in [0.5, 0.6) is 5.75 Å². The molecule has 4 nitrogen and oxygen atoms in total. The van der Waals surface area contributed by atoms with Gasteiger partial charge in [0.15, 0.2) is 0 Å². The molecule has 0 aromatic carbocycles. The second kappa shape index (κ2) is 5.89. The molecule has 2 rings (SSSR count). The van der Waals surface area contributed by atoms with Crippen molar-refractivity contribution in [2.24, 2.45) is 5.73 Å². The number of furan rings is 1. The van der Waals surface area contributed by atoms with Crippen molar-refractivity contribution in [1.29, 1.82) is 0 Å². The summed E-state index contributed by atoms with van der Waals surface area (Å²) in [6.45, 7) is 6.01. The molecule has 102 valence electrons. The van der Waals surface area contributed by atoms with E-state index in [-0.39, 0.29) is 12.1 Å². The summed E-state index contributed by atoms with van der Waals surface area (Å²) >= 11 is 0. The number of aromatic nitrogens is 1. The maximum Gasteiger partial charge on any atom is 0.138 e. The summed E-state index contributed by atoms with van der Waals surface area (Å²) in [5.74, 6) is 2.42. The van der Waals surface area contributed by atoms with Crippen LogP contribution in [0.25, 0.3) is 0 Å². The number of hydrogen-bond acceptors (Lipinski definition) is 4. The predicted molar refractivity (Wildman–Crippen MR) is 74.1 cm³/mol. The summed E-state index contributed by atoms with van der Waals surface area (Å²) < 4.78 is 11.3. The molecule has 0 radical (unpaired) electrons. The molecule has 1 unspecified atom stereocenters. The van der Waals surface area contributed by atoms with Crippen LogP contribution in [0.2, 0.25) is 0 Å².